The highest BCUT2D eigenvalue weighted by atomic mass is 32.3. The first-order valence-corrected chi connectivity index (χ1v) is 9.58. The molecule has 0 N–H and O–H groups in total. The molecule has 0 amide bonds. The largest absolute Gasteiger partial charge is 0.392 e. The van der Waals surface area contributed by atoms with Gasteiger partial charge in [-0.05, 0) is 12.1 Å². The Morgan fingerprint density at radius 2 is 1.12 bits per heavy atom. The molecule has 0 fully saturated rings. The zero-order valence-electron chi connectivity index (χ0n) is 10.00. The lowest BCUT2D eigenvalue weighted by molar-refractivity contribution is 0.273. The van der Waals surface area contributed by atoms with Crippen molar-refractivity contribution in [3.05, 3.63) is 0 Å². The fourth-order valence-corrected chi connectivity index (χ4v) is 7.21. The predicted octanol–water partition coefficient (Wildman–Crippen LogP) is 0.284. The molecule has 0 radical (unpaired) electrons. The molecule has 0 heterocycles. The highest BCUT2D eigenvalue weighted by molar-refractivity contribution is 7.84. The molecule has 0 aromatic rings. The molecule has 0 aliphatic rings. The zero-order valence-corrected chi connectivity index (χ0v) is 12.6. The molecule has 0 spiro atoms. The number of rotatable bonds is 8. The summed E-state index contributed by atoms with van der Waals surface area (Å²) < 4.78 is 62.4. The van der Waals surface area contributed by atoms with Crippen LogP contribution < -0.4 is 0 Å². The Labute approximate surface area is 103 Å². The Morgan fingerprint density at radius 3 is 1.29 bits per heavy atom. The summed E-state index contributed by atoms with van der Waals surface area (Å²) in [5.74, 6) is 0. The van der Waals surface area contributed by atoms with Crippen LogP contribution in [-0.2, 0) is 36.9 Å². The molecule has 0 aliphatic heterocycles. The summed E-state index contributed by atoms with van der Waals surface area (Å²) in [5.41, 5.74) is 0. The van der Waals surface area contributed by atoms with E-state index in [1.54, 1.807) is 13.8 Å². The van der Waals surface area contributed by atoms with Gasteiger partial charge < -0.3 is 0 Å². The molecule has 0 aliphatic carbocycles. The lowest BCUT2D eigenvalue weighted by atomic mass is 10.9. The van der Waals surface area contributed by atoms with Crippen molar-refractivity contribution in [2.45, 2.75) is 25.9 Å². The van der Waals surface area contributed by atoms with Gasteiger partial charge >= 0.3 is 29.4 Å². The first-order chi connectivity index (χ1) is 7.66. The van der Waals surface area contributed by atoms with Crippen LogP contribution in [0.15, 0.2) is 0 Å². The molecule has 104 valence electrons. The normalized spacial score (nSPS) is 13.9. The Balaban J connectivity index is 5.19. The van der Waals surface area contributed by atoms with E-state index in [2.05, 4.69) is 8.37 Å². The van der Waals surface area contributed by atoms with E-state index < -0.39 is 29.4 Å². The second-order valence-corrected chi connectivity index (χ2v) is 9.80. The zero-order chi connectivity index (χ0) is 13.7. The van der Waals surface area contributed by atoms with E-state index in [1.807, 2.05) is 0 Å². The van der Waals surface area contributed by atoms with Crippen LogP contribution in [0.5, 0.6) is 0 Å². The van der Waals surface area contributed by atoms with Crippen molar-refractivity contribution >= 4 is 29.4 Å². The van der Waals surface area contributed by atoms with E-state index >= 15 is 0 Å². The molecule has 0 bridgehead atoms. The van der Waals surface area contributed by atoms with Gasteiger partial charge in [0.25, 0.3) is 0 Å². The third-order valence-corrected chi connectivity index (χ3v) is 9.03. The summed E-state index contributed by atoms with van der Waals surface area (Å²) in [4.78, 5) is 0. The molecule has 8 nitrogen and oxygen atoms in total. The molecule has 0 aromatic heterocycles. The van der Waals surface area contributed by atoms with E-state index in [4.69, 9.17) is 7.74 Å². The van der Waals surface area contributed by atoms with Gasteiger partial charge in [-0.1, -0.05) is 13.8 Å². The Bertz CT molecular complexity index is 385. The number of hydrogen-bond donors (Lipinski definition) is 0. The Morgan fingerprint density at radius 1 is 0.824 bits per heavy atom. The van der Waals surface area contributed by atoms with E-state index in [0.29, 0.717) is 0 Å². The fourth-order valence-electron chi connectivity index (χ4n) is 0.940. The van der Waals surface area contributed by atoms with Crippen molar-refractivity contribution in [3.8, 4) is 0 Å². The van der Waals surface area contributed by atoms with E-state index in [1.165, 1.54) is 0 Å². The van der Waals surface area contributed by atoms with Crippen molar-refractivity contribution in [3.63, 3.8) is 0 Å². The van der Waals surface area contributed by atoms with Gasteiger partial charge in [-0.15, -0.1) is 0 Å². The van der Waals surface area contributed by atoms with Gasteiger partial charge in [-0.25, -0.2) is 0 Å². The lowest BCUT2D eigenvalue weighted by Crippen LogP contribution is -2.44. The predicted molar refractivity (Wildman–Crippen MR) is 60.7 cm³/mol. The molecular formula is C6H16O8S2Si. The van der Waals surface area contributed by atoms with E-state index in [-0.39, 0.29) is 12.1 Å². The summed E-state index contributed by atoms with van der Waals surface area (Å²) in [6.45, 7) is 3.12. The van der Waals surface area contributed by atoms with Crippen LogP contribution in [-0.4, -0.2) is 39.6 Å². The van der Waals surface area contributed by atoms with Gasteiger partial charge in [0.15, 0.2) is 0 Å². The number of hydrogen-bond acceptors (Lipinski definition) is 8. The van der Waals surface area contributed by atoms with Gasteiger partial charge in [-0.3, -0.25) is 16.1 Å². The molecule has 17 heavy (non-hydrogen) atoms. The van der Waals surface area contributed by atoms with Gasteiger partial charge in [-0.2, -0.15) is 16.8 Å². The first kappa shape index (κ1) is 17.0. The third kappa shape index (κ3) is 5.42. The average molecular weight is 308 g/mol. The van der Waals surface area contributed by atoms with Gasteiger partial charge in [0.1, 0.15) is 0 Å². The average Bonchev–Trinajstić information content (AvgIpc) is 2.27. The summed E-state index contributed by atoms with van der Waals surface area (Å²) >= 11 is 0. The molecule has 0 saturated heterocycles. The Hall–Kier alpha value is -0.0431. The van der Waals surface area contributed by atoms with Crippen LogP contribution in [0.1, 0.15) is 13.8 Å². The van der Waals surface area contributed by atoms with Crippen LogP contribution >= 0.6 is 0 Å². The van der Waals surface area contributed by atoms with E-state index in [0.717, 1.165) is 14.2 Å². The highest BCUT2D eigenvalue weighted by Crippen LogP contribution is 2.24. The summed E-state index contributed by atoms with van der Waals surface area (Å²) in [5, 5.41) is 0. The fraction of sp³-hybridized carbons (Fsp3) is 1.00. The summed E-state index contributed by atoms with van der Waals surface area (Å²) in [6.07, 6.45) is 0. The van der Waals surface area contributed by atoms with Gasteiger partial charge in [0.05, 0.1) is 14.2 Å². The lowest BCUT2D eigenvalue weighted by Gasteiger charge is -2.25. The standard InChI is InChI=1S/C6H16O8S2Si/c1-5-17(6-2,13-15(7,8)11-3)14-16(9,10)12-4/h5-6H2,1-4H3. The minimum Gasteiger partial charge on any atom is -0.262 e. The molecule has 0 atom stereocenters. The third-order valence-electron chi connectivity index (χ3n) is 1.99. The van der Waals surface area contributed by atoms with Crippen LogP contribution in [0.4, 0.5) is 0 Å². The van der Waals surface area contributed by atoms with Crippen molar-refractivity contribution in [2.24, 2.45) is 0 Å². The minimum atomic E-state index is -4.27. The molecule has 0 unspecified atom stereocenters. The maximum Gasteiger partial charge on any atom is 0.392 e. The van der Waals surface area contributed by atoms with Crippen LogP contribution in [0.3, 0.4) is 0 Å². The quantitative estimate of drug-likeness (QED) is 0.589. The molecule has 11 heteroatoms. The van der Waals surface area contributed by atoms with Gasteiger partial charge in [0.2, 0.25) is 0 Å². The second kappa shape index (κ2) is 6.22. The minimum absolute atomic E-state index is 0.106. The van der Waals surface area contributed by atoms with Crippen molar-refractivity contribution in [1.82, 2.24) is 0 Å². The smallest absolute Gasteiger partial charge is 0.262 e. The second-order valence-electron chi connectivity index (χ2n) is 2.93. The maximum atomic E-state index is 11.2. The van der Waals surface area contributed by atoms with Crippen LogP contribution in [0, 0.1) is 0 Å². The van der Waals surface area contributed by atoms with Crippen LogP contribution in [0.2, 0.25) is 12.1 Å². The monoisotopic (exact) mass is 308 g/mol. The molecule has 0 saturated carbocycles. The first-order valence-electron chi connectivity index (χ1n) is 4.68. The van der Waals surface area contributed by atoms with E-state index in [9.17, 15) is 16.8 Å². The summed E-state index contributed by atoms with van der Waals surface area (Å²) in [6, 6.07) is 0.212. The topological polar surface area (TPSA) is 105 Å². The van der Waals surface area contributed by atoms with Crippen molar-refractivity contribution in [2.75, 3.05) is 14.2 Å². The Kier molecular flexibility index (Phi) is 6.20. The van der Waals surface area contributed by atoms with Crippen molar-refractivity contribution in [1.29, 1.82) is 0 Å². The highest BCUT2D eigenvalue weighted by Gasteiger charge is 2.44. The SMILES string of the molecule is CC[Si](CC)(OS(=O)(=O)OC)OS(=O)(=O)OC. The molecule has 0 aromatic carbocycles. The summed E-state index contributed by atoms with van der Waals surface area (Å²) in [7, 11) is -10.2. The van der Waals surface area contributed by atoms with Crippen LogP contribution in [0.25, 0.3) is 0 Å². The molecular weight excluding hydrogens is 292 g/mol. The molecule has 0 rings (SSSR count). The van der Waals surface area contributed by atoms with Gasteiger partial charge in [0, 0.05) is 0 Å². The maximum absolute atomic E-state index is 11.2. The van der Waals surface area contributed by atoms with Crippen molar-refractivity contribution < 1.29 is 32.9 Å².